The van der Waals surface area contributed by atoms with Crippen molar-refractivity contribution in [1.82, 2.24) is 10.3 Å². The second kappa shape index (κ2) is 3.35. The zero-order chi connectivity index (χ0) is 11.0. The Labute approximate surface area is 84.8 Å². The average molecular weight is 210 g/mol. The second-order valence-corrected chi connectivity index (χ2v) is 3.49. The molecule has 2 unspecified atom stereocenters. The van der Waals surface area contributed by atoms with Gasteiger partial charge < -0.3 is 21.2 Å². The van der Waals surface area contributed by atoms with Crippen LogP contribution < -0.4 is 11.1 Å². The highest BCUT2D eigenvalue weighted by Crippen LogP contribution is 2.18. The Morgan fingerprint density at radius 2 is 2.33 bits per heavy atom. The molecule has 2 atom stereocenters. The topological polar surface area (TPSA) is 114 Å². The molecule has 0 aliphatic heterocycles. The van der Waals surface area contributed by atoms with E-state index in [1.165, 1.54) is 12.1 Å². The minimum absolute atomic E-state index is 0.000133. The van der Waals surface area contributed by atoms with Crippen molar-refractivity contribution < 1.29 is 9.72 Å². The summed E-state index contributed by atoms with van der Waals surface area (Å²) in [6, 6.07) is 2.64. The van der Waals surface area contributed by atoms with Crippen LogP contribution in [0, 0.1) is 10.1 Å². The Morgan fingerprint density at radius 1 is 1.67 bits per heavy atom. The number of rotatable bonds is 3. The fourth-order valence-corrected chi connectivity index (χ4v) is 1.25. The number of carbonyl (C=O) groups is 1. The maximum atomic E-state index is 11.5. The zero-order valence-corrected chi connectivity index (χ0v) is 7.77. The molecule has 0 radical (unpaired) electrons. The maximum Gasteiger partial charge on any atom is 0.321 e. The number of H-pyrrole nitrogens is 1. The second-order valence-electron chi connectivity index (χ2n) is 3.49. The third-order valence-electron chi connectivity index (χ3n) is 2.27. The van der Waals surface area contributed by atoms with Gasteiger partial charge in [0.25, 0.3) is 5.91 Å². The molecule has 2 rings (SSSR count). The first kappa shape index (κ1) is 9.66. The summed E-state index contributed by atoms with van der Waals surface area (Å²) in [5.74, 6) is -0.554. The van der Waals surface area contributed by atoms with Gasteiger partial charge in [-0.2, -0.15) is 0 Å². The van der Waals surface area contributed by atoms with Crippen molar-refractivity contribution in [2.75, 3.05) is 0 Å². The molecule has 1 aliphatic rings. The highest BCUT2D eigenvalue weighted by atomic mass is 16.6. The van der Waals surface area contributed by atoms with Crippen LogP contribution in [0.25, 0.3) is 0 Å². The van der Waals surface area contributed by atoms with Gasteiger partial charge in [-0.1, -0.05) is 0 Å². The SMILES string of the molecule is NC1CC1NC(=O)c1ccc([N+](=O)[O-])[nH]1. The Hall–Kier alpha value is -1.89. The van der Waals surface area contributed by atoms with Gasteiger partial charge in [0.15, 0.2) is 5.69 Å². The van der Waals surface area contributed by atoms with E-state index in [-0.39, 0.29) is 29.5 Å². The van der Waals surface area contributed by atoms with Crippen LogP contribution >= 0.6 is 0 Å². The summed E-state index contributed by atoms with van der Waals surface area (Å²) in [7, 11) is 0. The summed E-state index contributed by atoms with van der Waals surface area (Å²) in [6.45, 7) is 0. The van der Waals surface area contributed by atoms with Crippen molar-refractivity contribution >= 4 is 11.7 Å². The number of nitro groups is 1. The first-order valence-electron chi connectivity index (χ1n) is 4.48. The molecule has 7 heteroatoms. The largest absolute Gasteiger partial charge is 0.358 e. The number of carbonyl (C=O) groups excluding carboxylic acids is 1. The maximum absolute atomic E-state index is 11.5. The quantitative estimate of drug-likeness (QED) is 0.471. The molecule has 0 spiro atoms. The molecule has 1 heterocycles. The predicted octanol–water partition coefficient (Wildman–Crippen LogP) is -0.248. The van der Waals surface area contributed by atoms with Crippen LogP contribution in [0.3, 0.4) is 0 Å². The molecule has 1 saturated carbocycles. The Bertz CT molecular complexity index is 414. The first-order valence-corrected chi connectivity index (χ1v) is 4.48. The third-order valence-corrected chi connectivity index (χ3v) is 2.27. The molecule has 1 aromatic rings. The minimum atomic E-state index is -0.584. The van der Waals surface area contributed by atoms with E-state index in [2.05, 4.69) is 10.3 Å². The Balaban J connectivity index is 2.02. The molecule has 7 nitrogen and oxygen atoms in total. The number of hydrogen-bond donors (Lipinski definition) is 3. The van der Waals surface area contributed by atoms with Gasteiger partial charge in [-0.3, -0.25) is 4.79 Å². The van der Waals surface area contributed by atoms with E-state index in [0.717, 1.165) is 6.42 Å². The summed E-state index contributed by atoms with van der Waals surface area (Å²) in [5, 5.41) is 13.0. The van der Waals surface area contributed by atoms with Gasteiger partial charge in [0.05, 0.1) is 0 Å². The van der Waals surface area contributed by atoms with Gasteiger partial charge in [-0.25, -0.2) is 4.98 Å². The van der Waals surface area contributed by atoms with Crippen LogP contribution in [0.2, 0.25) is 0 Å². The van der Waals surface area contributed by atoms with Crippen molar-refractivity contribution in [3.8, 4) is 0 Å². The standard InChI is InChI=1S/C8H10N4O3/c9-4-3-6(4)11-8(13)5-1-2-7(10-5)12(14)15/h1-2,4,6,10H,3,9H2,(H,11,13). The molecule has 0 bridgehead atoms. The highest BCUT2D eigenvalue weighted by molar-refractivity contribution is 5.93. The van der Waals surface area contributed by atoms with Gasteiger partial charge >= 0.3 is 5.82 Å². The molecule has 15 heavy (non-hydrogen) atoms. The van der Waals surface area contributed by atoms with Gasteiger partial charge in [0, 0.05) is 18.2 Å². The van der Waals surface area contributed by atoms with Crippen LogP contribution in [0.5, 0.6) is 0 Å². The number of hydrogen-bond acceptors (Lipinski definition) is 4. The number of aromatic nitrogens is 1. The summed E-state index contributed by atoms with van der Waals surface area (Å²) in [4.78, 5) is 23.6. The summed E-state index contributed by atoms with van der Waals surface area (Å²) in [6.07, 6.45) is 0.758. The lowest BCUT2D eigenvalue weighted by molar-refractivity contribution is -0.389. The highest BCUT2D eigenvalue weighted by Gasteiger charge is 2.35. The van der Waals surface area contributed by atoms with Gasteiger partial charge in [-0.15, -0.1) is 0 Å². The van der Waals surface area contributed by atoms with E-state index in [0.29, 0.717) is 0 Å². The number of nitrogens with zero attached hydrogens (tertiary/aromatic N) is 1. The van der Waals surface area contributed by atoms with Crippen LogP contribution in [0.1, 0.15) is 16.9 Å². The summed E-state index contributed by atoms with van der Waals surface area (Å²) in [5.41, 5.74) is 5.69. The summed E-state index contributed by atoms with van der Waals surface area (Å²) < 4.78 is 0. The van der Waals surface area contributed by atoms with Crippen molar-refractivity contribution in [1.29, 1.82) is 0 Å². The molecule has 1 amide bonds. The molecular weight excluding hydrogens is 200 g/mol. The molecule has 1 aromatic heterocycles. The zero-order valence-electron chi connectivity index (χ0n) is 7.77. The minimum Gasteiger partial charge on any atom is -0.358 e. The molecule has 4 N–H and O–H groups in total. The molecule has 0 saturated heterocycles. The molecule has 80 valence electrons. The predicted molar refractivity (Wildman–Crippen MR) is 51.3 cm³/mol. The Morgan fingerprint density at radius 3 is 2.80 bits per heavy atom. The van der Waals surface area contributed by atoms with E-state index in [1.807, 2.05) is 0 Å². The van der Waals surface area contributed by atoms with Crippen molar-refractivity contribution in [3.63, 3.8) is 0 Å². The monoisotopic (exact) mass is 210 g/mol. The smallest absolute Gasteiger partial charge is 0.321 e. The molecular formula is C8H10N4O3. The van der Waals surface area contributed by atoms with E-state index in [4.69, 9.17) is 5.73 Å². The van der Waals surface area contributed by atoms with Crippen LogP contribution in [-0.4, -0.2) is 27.9 Å². The summed E-state index contributed by atoms with van der Waals surface area (Å²) >= 11 is 0. The molecule has 1 fully saturated rings. The lowest BCUT2D eigenvalue weighted by atomic mass is 10.4. The fraction of sp³-hybridized carbons (Fsp3) is 0.375. The lowest BCUT2D eigenvalue weighted by Crippen LogP contribution is -2.29. The number of aromatic amines is 1. The Kier molecular flexibility index (Phi) is 2.16. The fourth-order valence-electron chi connectivity index (χ4n) is 1.25. The lowest BCUT2D eigenvalue weighted by Gasteiger charge is -1.98. The average Bonchev–Trinajstić information content (AvgIpc) is 2.71. The van der Waals surface area contributed by atoms with Gasteiger partial charge in [-0.05, 0) is 17.4 Å². The number of nitrogens with two attached hydrogens (primary N) is 1. The van der Waals surface area contributed by atoms with E-state index >= 15 is 0 Å². The molecule has 0 aromatic carbocycles. The van der Waals surface area contributed by atoms with Crippen LogP contribution in [0.15, 0.2) is 12.1 Å². The normalized spacial score (nSPS) is 23.5. The third kappa shape index (κ3) is 1.96. The van der Waals surface area contributed by atoms with Crippen LogP contribution in [-0.2, 0) is 0 Å². The van der Waals surface area contributed by atoms with E-state index in [1.54, 1.807) is 0 Å². The van der Waals surface area contributed by atoms with Crippen molar-refractivity contribution in [2.24, 2.45) is 5.73 Å². The van der Waals surface area contributed by atoms with Crippen molar-refractivity contribution in [2.45, 2.75) is 18.5 Å². The van der Waals surface area contributed by atoms with E-state index in [9.17, 15) is 14.9 Å². The first-order chi connectivity index (χ1) is 7.08. The number of nitrogens with one attached hydrogen (secondary N) is 2. The van der Waals surface area contributed by atoms with Crippen LogP contribution in [0.4, 0.5) is 5.82 Å². The number of amides is 1. The van der Waals surface area contributed by atoms with Gasteiger partial charge in [0.1, 0.15) is 0 Å². The van der Waals surface area contributed by atoms with E-state index < -0.39 is 4.92 Å². The molecule has 1 aliphatic carbocycles. The van der Waals surface area contributed by atoms with Crippen molar-refractivity contribution in [3.05, 3.63) is 27.9 Å². The van der Waals surface area contributed by atoms with Gasteiger partial charge in [0.2, 0.25) is 0 Å².